The van der Waals surface area contributed by atoms with Crippen molar-refractivity contribution in [3.63, 3.8) is 0 Å². The average Bonchev–Trinajstić information content (AvgIpc) is 3.15. The number of aryl methyl sites for hydroxylation is 1. The van der Waals surface area contributed by atoms with Crippen molar-refractivity contribution >= 4 is 27.4 Å². The van der Waals surface area contributed by atoms with E-state index in [0.29, 0.717) is 5.39 Å². The van der Waals surface area contributed by atoms with Gasteiger partial charge < -0.3 is 9.88 Å². The number of nitrogens with one attached hydrogen (secondary N) is 1. The molecule has 6 heteroatoms. The van der Waals surface area contributed by atoms with E-state index in [9.17, 15) is 4.79 Å². The number of para-hydroxylation sites is 1. The molecule has 5 nitrogen and oxygen atoms in total. The van der Waals surface area contributed by atoms with Crippen LogP contribution in [-0.2, 0) is 0 Å². The Balaban J connectivity index is 1.79. The number of fused-ring (bicyclic) bond motifs is 1. The Morgan fingerprint density at radius 2 is 2.18 bits per heavy atom. The largest absolute Gasteiger partial charge is 0.338 e. The van der Waals surface area contributed by atoms with Gasteiger partial charge in [0.25, 0.3) is 5.56 Å². The maximum Gasteiger partial charge on any atom is 0.258 e. The summed E-state index contributed by atoms with van der Waals surface area (Å²) in [4.78, 5) is 26.8. The van der Waals surface area contributed by atoms with Crippen LogP contribution in [0.4, 0.5) is 5.13 Å². The van der Waals surface area contributed by atoms with Crippen molar-refractivity contribution in [2.75, 3.05) is 11.4 Å². The van der Waals surface area contributed by atoms with Crippen LogP contribution in [0.5, 0.6) is 0 Å². The van der Waals surface area contributed by atoms with Gasteiger partial charge in [-0.15, -0.1) is 11.3 Å². The molecule has 3 aromatic rings. The molecule has 1 fully saturated rings. The molecule has 0 amide bonds. The first-order valence-electron chi connectivity index (χ1n) is 7.40. The van der Waals surface area contributed by atoms with E-state index < -0.39 is 0 Å². The Labute approximate surface area is 131 Å². The molecule has 1 aliphatic rings. The summed E-state index contributed by atoms with van der Waals surface area (Å²) < 4.78 is 0. The SMILES string of the molecule is Cc1csc(N2CCCC2c2nc3ccccc3c(=O)[nH]2)n1. The number of thiazole rings is 1. The quantitative estimate of drug-likeness (QED) is 0.790. The summed E-state index contributed by atoms with van der Waals surface area (Å²) in [5, 5.41) is 3.71. The first-order valence-corrected chi connectivity index (χ1v) is 8.28. The fourth-order valence-corrected chi connectivity index (χ4v) is 3.90. The van der Waals surface area contributed by atoms with Crippen molar-refractivity contribution < 1.29 is 0 Å². The molecule has 2 aromatic heterocycles. The third kappa shape index (κ3) is 2.20. The highest BCUT2D eigenvalue weighted by atomic mass is 32.1. The van der Waals surface area contributed by atoms with Crippen LogP contribution in [0.25, 0.3) is 10.9 Å². The summed E-state index contributed by atoms with van der Waals surface area (Å²) >= 11 is 1.65. The maximum atomic E-state index is 12.3. The van der Waals surface area contributed by atoms with Gasteiger partial charge >= 0.3 is 0 Å². The summed E-state index contributed by atoms with van der Waals surface area (Å²) in [5.74, 6) is 0.744. The van der Waals surface area contributed by atoms with E-state index in [2.05, 4.69) is 25.2 Å². The minimum absolute atomic E-state index is 0.0669. The Bertz CT molecular complexity index is 885. The van der Waals surface area contributed by atoms with Crippen LogP contribution < -0.4 is 10.5 Å². The topological polar surface area (TPSA) is 61.9 Å². The van der Waals surface area contributed by atoms with Gasteiger partial charge in [-0.05, 0) is 31.9 Å². The Morgan fingerprint density at radius 1 is 1.32 bits per heavy atom. The number of nitrogens with zero attached hydrogens (tertiary/aromatic N) is 3. The van der Waals surface area contributed by atoms with Crippen molar-refractivity contribution in [1.29, 1.82) is 0 Å². The zero-order valence-electron chi connectivity index (χ0n) is 12.2. The molecular formula is C16H16N4OS. The lowest BCUT2D eigenvalue weighted by Crippen LogP contribution is -2.26. The first kappa shape index (κ1) is 13.5. The zero-order chi connectivity index (χ0) is 15.1. The highest BCUT2D eigenvalue weighted by molar-refractivity contribution is 7.13. The Kier molecular flexibility index (Phi) is 3.18. The number of benzene rings is 1. The Hall–Kier alpha value is -2.21. The molecule has 3 heterocycles. The lowest BCUT2D eigenvalue weighted by molar-refractivity contribution is 0.665. The van der Waals surface area contributed by atoms with Crippen LogP contribution >= 0.6 is 11.3 Å². The zero-order valence-corrected chi connectivity index (χ0v) is 13.1. The van der Waals surface area contributed by atoms with Crippen LogP contribution in [0, 0.1) is 6.92 Å². The molecule has 0 saturated carbocycles. The van der Waals surface area contributed by atoms with E-state index in [1.54, 1.807) is 11.3 Å². The predicted molar refractivity (Wildman–Crippen MR) is 88.5 cm³/mol. The van der Waals surface area contributed by atoms with Gasteiger partial charge in [0.2, 0.25) is 0 Å². The number of rotatable bonds is 2. The molecular weight excluding hydrogens is 296 g/mol. The van der Waals surface area contributed by atoms with Crippen LogP contribution in [-0.4, -0.2) is 21.5 Å². The number of aromatic nitrogens is 3. The smallest absolute Gasteiger partial charge is 0.258 e. The number of H-pyrrole nitrogens is 1. The maximum absolute atomic E-state index is 12.3. The van der Waals surface area contributed by atoms with Crippen molar-refractivity contribution in [3.05, 3.63) is 51.5 Å². The normalized spacial score (nSPS) is 18.2. The van der Waals surface area contributed by atoms with Crippen LogP contribution in [0.15, 0.2) is 34.4 Å². The van der Waals surface area contributed by atoms with E-state index in [-0.39, 0.29) is 11.6 Å². The van der Waals surface area contributed by atoms with Gasteiger partial charge in [0.1, 0.15) is 5.82 Å². The molecule has 1 N–H and O–H groups in total. The molecule has 1 unspecified atom stereocenters. The van der Waals surface area contributed by atoms with Crippen molar-refractivity contribution in [2.45, 2.75) is 25.8 Å². The van der Waals surface area contributed by atoms with Crippen LogP contribution in [0.2, 0.25) is 0 Å². The van der Waals surface area contributed by atoms with Crippen LogP contribution in [0.3, 0.4) is 0 Å². The minimum atomic E-state index is -0.0669. The van der Waals surface area contributed by atoms with E-state index in [1.807, 2.05) is 31.2 Å². The monoisotopic (exact) mass is 312 g/mol. The fourth-order valence-electron chi connectivity index (χ4n) is 3.02. The lowest BCUT2D eigenvalue weighted by Gasteiger charge is -2.23. The van der Waals surface area contributed by atoms with Gasteiger partial charge in [-0.25, -0.2) is 9.97 Å². The van der Waals surface area contributed by atoms with Gasteiger partial charge in [-0.1, -0.05) is 12.1 Å². The summed E-state index contributed by atoms with van der Waals surface area (Å²) in [6, 6.07) is 7.57. The van der Waals surface area contributed by atoms with Gasteiger partial charge in [0.15, 0.2) is 5.13 Å². The number of anilines is 1. The number of aromatic amines is 1. The summed E-state index contributed by atoms with van der Waals surface area (Å²) in [6.45, 7) is 2.95. The van der Waals surface area contributed by atoms with E-state index >= 15 is 0 Å². The third-order valence-corrected chi connectivity index (χ3v) is 5.05. The van der Waals surface area contributed by atoms with Gasteiger partial charge in [-0.2, -0.15) is 0 Å². The highest BCUT2D eigenvalue weighted by Gasteiger charge is 2.30. The van der Waals surface area contributed by atoms with Gasteiger partial charge in [0, 0.05) is 11.9 Å². The minimum Gasteiger partial charge on any atom is -0.338 e. The molecule has 1 atom stereocenters. The number of hydrogen-bond donors (Lipinski definition) is 1. The first-order chi connectivity index (χ1) is 10.7. The molecule has 0 spiro atoms. The second kappa shape index (κ2) is 5.21. The molecule has 112 valence electrons. The predicted octanol–water partition coefficient (Wildman–Crippen LogP) is 3.03. The van der Waals surface area contributed by atoms with E-state index in [4.69, 9.17) is 0 Å². The van der Waals surface area contributed by atoms with E-state index in [0.717, 1.165) is 41.6 Å². The average molecular weight is 312 g/mol. The molecule has 0 bridgehead atoms. The standard InChI is InChI=1S/C16H16N4OS/c1-10-9-22-16(17-10)20-8-4-7-13(20)14-18-12-6-3-2-5-11(12)15(21)19-14/h2-3,5-6,9,13H,4,7-8H2,1H3,(H,18,19,21). The molecule has 1 aromatic carbocycles. The third-order valence-electron chi connectivity index (χ3n) is 4.05. The Morgan fingerprint density at radius 3 is 3.00 bits per heavy atom. The summed E-state index contributed by atoms with van der Waals surface area (Å²) in [5.41, 5.74) is 1.72. The molecule has 0 aliphatic carbocycles. The second-order valence-corrected chi connectivity index (χ2v) is 6.43. The lowest BCUT2D eigenvalue weighted by atomic mass is 10.2. The second-order valence-electron chi connectivity index (χ2n) is 5.59. The summed E-state index contributed by atoms with van der Waals surface area (Å²) in [6.07, 6.45) is 2.07. The van der Waals surface area contributed by atoms with Crippen molar-refractivity contribution in [2.24, 2.45) is 0 Å². The van der Waals surface area contributed by atoms with Gasteiger partial charge in [0.05, 0.1) is 22.6 Å². The molecule has 22 heavy (non-hydrogen) atoms. The molecule has 4 rings (SSSR count). The molecule has 0 radical (unpaired) electrons. The van der Waals surface area contributed by atoms with Gasteiger partial charge in [-0.3, -0.25) is 4.79 Å². The summed E-state index contributed by atoms with van der Waals surface area (Å²) in [7, 11) is 0. The highest BCUT2D eigenvalue weighted by Crippen LogP contribution is 2.36. The number of hydrogen-bond acceptors (Lipinski definition) is 5. The van der Waals surface area contributed by atoms with Crippen LogP contribution in [0.1, 0.15) is 30.4 Å². The van der Waals surface area contributed by atoms with E-state index in [1.165, 1.54) is 0 Å². The molecule has 1 aliphatic heterocycles. The van der Waals surface area contributed by atoms with Crippen molar-refractivity contribution in [1.82, 2.24) is 15.0 Å². The van der Waals surface area contributed by atoms with Crippen molar-refractivity contribution in [3.8, 4) is 0 Å². The molecule has 1 saturated heterocycles. The fraction of sp³-hybridized carbons (Fsp3) is 0.312.